The van der Waals surface area contributed by atoms with E-state index in [1.54, 1.807) is 0 Å². The zero-order valence-electron chi connectivity index (χ0n) is 18.4. The van der Waals surface area contributed by atoms with Crippen molar-refractivity contribution in [2.75, 3.05) is 13.2 Å². The van der Waals surface area contributed by atoms with Crippen LogP contribution in [-0.2, 0) is 0 Å². The molecule has 0 N–H and O–H groups in total. The molecule has 0 saturated heterocycles. The third-order valence-corrected chi connectivity index (χ3v) is 5.15. The molecule has 0 saturated carbocycles. The maximum Gasteiger partial charge on any atom is 0.131 e. The molecule has 0 fully saturated rings. The molecule has 0 aliphatic carbocycles. The molecule has 4 rings (SSSR count). The topological polar surface area (TPSA) is 44.0 Å². The Morgan fingerprint density at radius 1 is 0.742 bits per heavy atom. The number of rotatable bonds is 6. The first-order valence-electron chi connectivity index (χ1n) is 10.6. The molecule has 4 heteroatoms. The smallest absolute Gasteiger partial charge is 0.131 e. The summed E-state index contributed by atoms with van der Waals surface area (Å²) < 4.78 is 17.7. The van der Waals surface area contributed by atoms with E-state index in [4.69, 9.17) is 18.9 Å². The molecule has 31 heavy (non-hydrogen) atoms. The number of aryl methyl sites for hydroxylation is 2. The second-order valence-corrected chi connectivity index (χ2v) is 7.30. The van der Waals surface area contributed by atoms with E-state index in [2.05, 4.69) is 24.3 Å². The number of nitrogens with zero attached hydrogens (tertiary/aromatic N) is 1. The van der Waals surface area contributed by atoms with Gasteiger partial charge in [-0.1, -0.05) is 30.3 Å². The molecular weight excluding hydrogens is 386 g/mol. The molecule has 4 aromatic rings. The second kappa shape index (κ2) is 9.09. The Hall–Kier alpha value is -3.53. The number of fused-ring (bicyclic) bond motifs is 1. The van der Waals surface area contributed by atoms with Crippen LogP contribution in [0, 0.1) is 13.8 Å². The highest BCUT2D eigenvalue weighted by atomic mass is 16.5. The lowest BCUT2D eigenvalue weighted by atomic mass is 10.1. The standard InChI is InChI=1S/C27H27NO3/c1-5-29-23-14-12-20(13-15-23)21-16-24(28-22-10-8-7-9-11-22)26-18(3)31-19(4)27(26)25(17-21)30-6-2/h7-17H,5-6H2,1-4H3. The summed E-state index contributed by atoms with van der Waals surface area (Å²) in [6.07, 6.45) is 0. The summed E-state index contributed by atoms with van der Waals surface area (Å²) in [5.74, 6) is 3.31. The molecule has 0 amide bonds. The van der Waals surface area contributed by atoms with Gasteiger partial charge >= 0.3 is 0 Å². The first-order valence-corrected chi connectivity index (χ1v) is 10.6. The van der Waals surface area contributed by atoms with Crippen LogP contribution < -0.4 is 14.8 Å². The normalized spacial score (nSPS) is 11.7. The van der Waals surface area contributed by atoms with Gasteiger partial charge in [0.2, 0.25) is 0 Å². The fourth-order valence-electron chi connectivity index (χ4n) is 3.84. The van der Waals surface area contributed by atoms with Gasteiger partial charge in [-0.3, -0.25) is 0 Å². The van der Waals surface area contributed by atoms with Gasteiger partial charge < -0.3 is 13.9 Å². The van der Waals surface area contributed by atoms with Gasteiger partial charge in [0, 0.05) is 0 Å². The number of benzene rings is 2. The van der Waals surface area contributed by atoms with Crippen molar-refractivity contribution < 1.29 is 13.9 Å². The summed E-state index contributed by atoms with van der Waals surface area (Å²) in [6.45, 7) is 9.14. The van der Waals surface area contributed by atoms with E-state index in [1.165, 1.54) is 0 Å². The van der Waals surface area contributed by atoms with E-state index in [0.29, 0.717) is 13.2 Å². The molecular formula is C27H27NO3. The summed E-state index contributed by atoms with van der Waals surface area (Å²) in [7, 11) is 0. The van der Waals surface area contributed by atoms with Gasteiger partial charge in [0.25, 0.3) is 0 Å². The monoisotopic (exact) mass is 413 g/mol. The van der Waals surface area contributed by atoms with Gasteiger partial charge in [0.15, 0.2) is 0 Å². The van der Waals surface area contributed by atoms with Crippen molar-refractivity contribution in [3.63, 3.8) is 0 Å². The fourth-order valence-corrected chi connectivity index (χ4v) is 3.84. The van der Waals surface area contributed by atoms with Gasteiger partial charge in [-0.15, -0.1) is 0 Å². The second-order valence-electron chi connectivity index (χ2n) is 7.30. The highest BCUT2D eigenvalue weighted by Crippen LogP contribution is 2.34. The maximum atomic E-state index is 6.08. The Morgan fingerprint density at radius 2 is 1.42 bits per heavy atom. The lowest BCUT2D eigenvalue weighted by molar-refractivity contribution is 0.340. The first kappa shape index (κ1) is 20.7. The van der Waals surface area contributed by atoms with Crippen LogP contribution in [-0.4, -0.2) is 13.2 Å². The summed E-state index contributed by atoms with van der Waals surface area (Å²) >= 11 is 0. The number of hydrogen-bond acceptors (Lipinski definition) is 4. The van der Waals surface area contributed by atoms with Crippen LogP contribution in [0.5, 0.6) is 11.5 Å². The number of hydrogen-bond donors (Lipinski definition) is 0. The minimum absolute atomic E-state index is 0.566. The Morgan fingerprint density at radius 3 is 2.10 bits per heavy atom. The van der Waals surface area contributed by atoms with Crippen molar-refractivity contribution in [2.45, 2.75) is 27.7 Å². The van der Waals surface area contributed by atoms with Gasteiger partial charge in [-0.05, 0) is 75.2 Å². The van der Waals surface area contributed by atoms with Crippen molar-refractivity contribution >= 4 is 16.5 Å². The van der Waals surface area contributed by atoms with Crippen molar-refractivity contribution in [1.29, 1.82) is 0 Å². The summed E-state index contributed by atoms with van der Waals surface area (Å²) in [5, 5.41) is 2.79. The molecule has 4 nitrogen and oxygen atoms in total. The van der Waals surface area contributed by atoms with E-state index in [9.17, 15) is 0 Å². The van der Waals surface area contributed by atoms with Crippen LogP contribution in [0.4, 0.5) is 5.69 Å². The molecule has 3 aromatic carbocycles. The molecule has 0 aliphatic rings. The molecule has 0 aliphatic heterocycles. The molecule has 0 unspecified atom stereocenters. The number of furan rings is 1. The summed E-state index contributed by atoms with van der Waals surface area (Å²) in [5.41, 5.74) is 2.99. The Labute approximate surface area is 182 Å². The molecule has 1 aromatic heterocycles. The van der Waals surface area contributed by atoms with Gasteiger partial charge in [0.1, 0.15) is 23.0 Å². The van der Waals surface area contributed by atoms with Crippen LogP contribution in [0.15, 0.2) is 76.1 Å². The minimum atomic E-state index is 0.566. The molecule has 1 heterocycles. The van der Waals surface area contributed by atoms with E-state index in [0.717, 1.165) is 56.0 Å². The van der Waals surface area contributed by atoms with Crippen molar-refractivity contribution in [2.24, 2.45) is 4.99 Å². The van der Waals surface area contributed by atoms with Gasteiger partial charge in [0.05, 0.1) is 35.0 Å². The van der Waals surface area contributed by atoms with E-state index in [1.807, 2.05) is 70.2 Å². The van der Waals surface area contributed by atoms with Gasteiger partial charge in [-0.2, -0.15) is 0 Å². The molecule has 0 radical (unpaired) electrons. The zero-order chi connectivity index (χ0) is 21.8. The largest absolute Gasteiger partial charge is 0.494 e. The Bertz CT molecular complexity index is 1260. The van der Waals surface area contributed by atoms with Crippen molar-refractivity contribution in [3.05, 3.63) is 83.6 Å². The van der Waals surface area contributed by atoms with Crippen LogP contribution in [0.2, 0.25) is 0 Å². The van der Waals surface area contributed by atoms with Crippen LogP contribution >= 0.6 is 0 Å². The Kier molecular flexibility index (Phi) is 6.08. The van der Waals surface area contributed by atoms with Crippen LogP contribution in [0.3, 0.4) is 0 Å². The average Bonchev–Trinajstić information content (AvgIpc) is 2.97. The summed E-state index contributed by atoms with van der Waals surface area (Å²) in [6, 6.07) is 22.3. The average molecular weight is 414 g/mol. The molecule has 0 atom stereocenters. The third kappa shape index (κ3) is 4.33. The highest BCUT2D eigenvalue weighted by Gasteiger charge is 2.15. The third-order valence-electron chi connectivity index (χ3n) is 5.15. The van der Waals surface area contributed by atoms with Gasteiger partial charge in [-0.25, -0.2) is 4.99 Å². The van der Waals surface area contributed by atoms with Crippen LogP contribution in [0.1, 0.15) is 25.4 Å². The predicted molar refractivity (Wildman–Crippen MR) is 125 cm³/mol. The molecule has 158 valence electrons. The molecule has 0 bridgehead atoms. The lowest BCUT2D eigenvalue weighted by Crippen LogP contribution is -2.00. The maximum absolute atomic E-state index is 6.08. The minimum Gasteiger partial charge on any atom is -0.494 e. The fraction of sp³-hybridized carbons (Fsp3) is 0.222. The zero-order valence-corrected chi connectivity index (χ0v) is 18.4. The predicted octanol–water partition coefficient (Wildman–Crippen LogP) is 6.75. The quantitative estimate of drug-likeness (QED) is 0.351. The highest BCUT2D eigenvalue weighted by molar-refractivity contribution is 5.93. The van der Waals surface area contributed by atoms with E-state index < -0.39 is 0 Å². The number of ether oxygens (including phenoxy) is 2. The first-order chi connectivity index (χ1) is 15.1. The summed E-state index contributed by atoms with van der Waals surface area (Å²) in [4.78, 5) is 4.98. The lowest BCUT2D eigenvalue weighted by Gasteiger charge is -2.06. The van der Waals surface area contributed by atoms with Crippen LogP contribution in [0.25, 0.3) is 21.9 Å². The van der Waals surface area contributed by atoms with E-state index in [-0.39, 0.29) is 0 Å². The Balaban J connectivity index is 2.05. The van der Waals surface area contributed by atoms with Crippen molar-refractivity contribution in [1.82, 2.24) is 0 Å². The van der Waals surface area contributed by atoms with Crippen molar-refractivity contribution in [3.8, 4) is 22.6 Å². The number of para-hydroxylation sites is 1. The SMILES string of the molecule is CCOc1ccc(-c2cc(OCC)c3c(C)oc(C)c3c(=Nc3ccccc3)c2)cc1. The molecule has 0 spiro atoms. The van der Waals surface area contributed by atoms with E-state index >= 15 is 0 Å².